The molecular weight excluding hydrogens is 388 g/mol. The van der Waals surface area contributed by atoms with Gasteiger partial charge in [0, 0.05) is 36.1 Å². The minimum absolute atomic E-state index is 0.0283. The molecule has 2 amide bonds. The van der Waals surface area contributed by atoms with Crippen LogP contribution >= 0.6 is 11.6 Å². The lowest BCUT2D eigenvalue weighted by molar-refractivity contribution is -0.122. The van der Waals surface area contributed by atoms with Crippen molar-refractivity contribution in [2.45, 2.75) is 38.6 Å². The predicted octanol–water partition coefficient (Wildman–Crippen LogP) is 4.09. The van der Waals surface area contributed by atoms with E-state index in [1.807, 2.05) is 48.2 Å². The number of ether oxygens (including phenoxy) is 1. The van der Waals surface area contributed by atoms with E-state index in [0.29, 0.717) is 43.1 Å². The first-order valence-corrected chi connectivity index (χ1v) is 10.5. The average Bonchev–Trinajstić information content (AvgIpc) is 2.74. The van der Waals surface area contributed by atoms with Crippen LogP contribution in [-0.2, 0) is 11.2 Å². The number of nitrogens with one attached hydrogen (secondary N) is 1. The van der Waals surface area contributed by atoms with Crippen molar-refractivity contribution in [1.82, 2.24) is 10.2 Å². The monoisotopic (exact) mass is 414 g/mol. The van der Waals surface area contributed by atoms with Crippen molar-refractivity contribution in [3.8, 4) is 5.75 Å². The van der Waals surface area contributed by atoms with E-state index in [2.05, 4.69) is 5.32 Å². The van der Waals surface area contributed by atoms with Crippen molar-refractivity contribution in [3.05, 3.63) is 64.7 Å². The third-order valence-electron chi connectivity index (χ3n) is 5.11. The predicted molar refractivity (Wildman–Crippen MR) is 114 cm³/mol. The molecule has 0 radical (unpaired) electrons. The van der Waals surface area contributed by atoms with Crippen LogP contribution in [0.25, 0.3) is 0 Å². The summed E-state index contributed by atoms with van der Waals surface area (Å²) in [5, 5.41) is 3.80. The molecule has 0 bridgehead atoms. The zero-order valence-electron chi connectivity index (χ0n) is 16.7. The summed E-state index contributed by atoms with van der Waals surface area (Å²) in [6.07, 6.45) is 2.69. The van der Waals surface area contributed by atoms with Gasteiger partial charge in [0.1, 0.15) is 5.75 Å². The van der Waals surface area contributed by atoms with E-state index in [0.717, 1.165) is 24.2 Å². The van der Waals surface area contributed by atoms with Gasteiger partial charge < -0.3 is 15.0 Å². The molecule has 0 aliphatic carbocycles. The molecule has 2 aromatic rings. The lowest BCUT2D eigenvalue weighted by atomic mass is 10.0. The van der Waals surface area contributed by atoms with Crippen molar-refractivity contribution in [3.63, 3.8) is 0 Å². The minimum Gasteiger partial charge on any atom is -0.494 e. The summed E-state index contributed by atoms with van der Waals surface area (Å²) in [5.41, 5.74) is 1.76. The smallest absolute Gasteiger partial charge is 0.253 e. The van der Waals surface area contributed by atoms with Crippen molar-refractivity contribution >= 4 is 23.4 Å². The van der Waals surface area contributed by atoms with Gasteiger partial charge in [-0.25, -0.2) is 0 Å². The number of piperidine rings is 1. The number of halogens is 1. The van der Waals surface area contributed by atoms with E-state index in [-0.39, 0.29) is 17.9 Å². The highest BCUT2D eigenvalue weighted by molar-refractivity contribution is 6.30. The Hall–Kier alpha value is -2.53. The molecule has 2 aromatic carbocycles. The molecule has 0 saturated carbocycles. The molecule has 1 fully saturated rings. The maximum Gasteiger partial charge on any atom is 0.253 e. The highest BCUT2D eigenvalue weighted by Gasteiger charge is 2.24. The van der Waals surface area contributed by atoms with Gasteiger partial charge in [0.05, 0.1) is 6.61 Å². The zero-order valence-corrected chi connectivity index (χ0v) is 17.5. The highest BCUT2D eigenvalue weighted by atomic mass is 35.5. The van der Waals surface area contributed by atoms with Gasteiger partial charge in [-0.2, -0.15) is 0 Å². The lowest BCUT2D eigenvalue weighted by Crippen LogP contribution is -2.46. The molecule has 1 heterocycles. The molecule has 0 aromatic heterocycles. The van der Waals surface area contributed by atoms with E-state index in [9.17, 15) is 9.59 Å². The Labute approximate surface area is 177 Å². The summed E-state index contributed by atoms with van der Waals surface area (Å²) in [4.78, 5) is 26.8. The van der Waals surface area contributed by atoms with Gasteiger partial charge in [0.25, 0.3) is 5.91 Å². The van der Waals surface area contributed by atoms with Gasteiger partial charge in [0.15, 0.2) is 0 Å². The van der Waals surface area contributed by atoms with Crippen molar-refractivity contribution in [2.75, 3.05) is 19.7 Å². The second kappa shape index (κ2) is 10.3. The van der Waals surface area contributed by atoms with Crippen LogP contribution in [0.2, 0.25) is 5.02 Å². The van der Waals surface area contributed by atoms with Crippen molar-refractivity contribution in [1.29, 1.82) is 0 Å². The normalized spacial score (nSPS) is 14.5. The Morgan fingerprint density at radius 2 is 1.72 bits per heavy atom. The van der Waals surface area contributed by atoms with Crippen LogP contribution in [-0.4, -0.2) is 42.5 Å². The van der Waals surface area contributed by atoms with E-state index >= 15 is 0 Å². The maximum absolute atomic E-state index is 12.7. The number of aryl methyl sites for hydroxylation is 1. The van der Waals surface area contributed by atoms with Crippen molar-refractivity contribution < 1.29 is 14.3 Å². The Bertz CT molecular complexity index is 813. The summed E-state index contributed by atoms with van der Waals surface area (Å²) in [6, 6.07) is 14.9. The summed E-state index contributed by atoms with van der Waals surface area (Å²) >= 11 is 5.88. The molecule has 154 valence electrons. The topological polar surface area (TPSA) is 58.6 Å². The molecular formula is C23H27ClN2O3. The van der Waals surface area contributed by atoms with Crippen LogP contribution in [0.15, 0.2) is 48.5 Å². The standard InChI is InChI=1S/C23H27ClN2O3/c1-2-29-21-10-6-18(7-11-21)23(28)26-15-13-20(14-16-26)25-22(27)12-5-17-3-8-19(24)9-4-17/h3-4,6-11,20H,2,5,12-16H2,1H3,(H,25,27). The second-order valence-corrected chi connectivity index (χ2v) is 7.65. The third-order valence-corrected chi connectivity index (χ3v) is 5.37. The number of carbonyl (C=O) groups is 2. The van der Waals surface area contributed by atoms with Crippen molar-refractivity contribution in [2.24, 2.45) is 0 Å². The molecule has 1 saturated heterocycles. The van der Waals surface area contributed by atoms with Gasteiger partial charge in [-0.3, -0.25) is 9.59 Å². The number of rotatable bonds is 7. The van der Waals surface area contributed by atoms with Crippen LogP contribution in [0.1, 0.15) is 42.1 Å². The number of amides is 2. The molecule has 1 aliphatic rings. The Morgan fingerprint density at radius 3 is 2.34 bits per heavy atom. The minimum atomic E-state index is 0.0283. The van der Waals surface area contributed by atoms with Crippen LogP contribution < -0.4 is 10.1 Å². The van der Waals surface area contributed by atoms with Crippen LogP contribution in [0.4, 0.5) is 0 Å². The van der Waals surface area contributed by atoms with E-state index in [1.54, 1.807) is 12.1 Å². The number of carbonyl (C=O) groups excluding carboxylic acids is 2. The molecule has 6 heteroatoms. The van der Waals surface area contributed by atoms with E-state index < -0.39 is 0 Å². The molecule has 3 rings (SSSR count). The molecule has 0 unspecified atom stereocenters. The number of hydrogen-bond acceptors (Lipinski definition) is 3. The van der Waals surface area contributed by atoms with Gasteiger partial charge in [0.2, 0.25) is 5.91 Å². The average molecular weight is 415 g/mol. The lowest BCUT2D eigenvalue weighted by Gasteiger charge is -2.32. The molecule has 29 heavy (non-hydrogen) atoms. The number of likely N-dealkylation sites (tertiary alicyclic amines) is 1. The Morgan fingerprint density at radius 1 is 1.07 bits per heavy atom. The van der Waals surface area contributed by atoms with Crippen LogP contribution in [0.3, 0.4) is 0 Å². The fourth-order valence-electron chi connectivity index (χ4n) is 3.48. The molecule has 5 nitrogen and oxygen atoms in total. The summed E-state index contributed by atoms with van der Waals surface area (Å²) in [7, 11) is 0. The van der Waals surface area contributed by atoms with Gasteiger partial charge in [-0.05, 0) is 68.1 Å². The number of hydrogen-bond donors (Lipinski definition) is 1. The SMILES string of the molecule is CCOc1ccc(C(=O)N2CCC(NC(=O)CCc3ccc(Cl)cc3)CC2)cc1. The van der Waals surface area contributed by atoms with Gasteiger partial charge in [-0.1, -0.05) is 23.7 Å². The van der Waals surface area contributed by atoms with Gasteiger partial charge in [-0.15, -0.1) is 0 Å². The van der Waals surface area contributed by atoms with E-state index in [1.165, 1.54) is 0 Å². The highest BCUT2D eigenvalue weighted by Crippen LogP contribution is 2.17. The summed E-state index contributed by atoms with van der Waals surface area (Å²) in [6.45, 7) is 3.83. The quantitative estimate of drug-likeness (QED) is 0.742. The van der Waals surface area contributed by atoms with Gasteiger partial charge >= 0.3 is 0 Å². The Balaban J connectivity index is 1.41. The second-order valence-electron chi connectivity index (χ2n) is 7.22. The maximum atomic E-state index is 12.7. The Kier molecular flexibility index (Phi) is 7.53. The number of benzene rings is 2. The van der Waals surface area contributed by atoms with Crippen LogP contribution in [0.5, 0.6) is 5.75 Å². The van der Waals surface area contributed by atoms with Crippen LogP contribution in [0, 0.1) is 0 Å². The zero-order chi connectivity index (χ0) is 20.6. The molecule has 1 aliphatic heterocycles. The molecule has 1 N–H and O–H groups in total. The molecule has 0 spiro atoms. The summed E-state index contributed by atoms with van der Waals surface area (Å²) < 4.78 is 5.42. The summed E-state index contributed by atoms with van der Waals surface area (Å²) in [5.74, 6) is 0.848. The van der Waals surface area contributed by atoms with E-state index in [4.69, 9.17) is 16.3 Å². The largest absolute Gasteiger partial charge is 0.494 e. The first kappa shape index (κ1) is 21.2. The fourth-order valence-corrected chi connectivity index (χ4v) is 3.60. The first-order valence-electron chi connectivity index (χ1n) is 10.1. The fraction of sp³-hybridized carbons (Fsp3) is 0.391. The molecule has 0 atom stereocenters. The first-order chi connectivity index (χ1) is 14.0. The number of nitrogens with zero attached hydrogens (tertiary/aromatic N) is 1. The third kappa shape index (κ3) is 6.23.